The molecule has 0 amide bonds. The molecule has 338 valence electrons. The second-order valence-electron chi connectivity index (χ2n) is 18.7. The molecular weight excluding hydrogens is 1040 g/mol. The Hall–Kier alpha value is -5.54. The number of nitrogens with zero attached hydrogens (tertiary/aromatic N) is 4. The van der Waals surface area contributed by atoms with Crippen LogP contribution in [0.2, 0.25) is 0 Å². The highest BCUT2D eigenvalue weighted by Crippen LogP contribution is 2.39. The number of hydrogen-bond acceptors (Lipinski definition) is 4. The lowest BCUT2D eigenvalue weighted by Gasteiger charge is -2.23. The van der Waals surface area contributed by atoms with Crippen molar-refractivity contribution < 1.29 is 66.4 Å². The maximum absolute atomic E-state index is 6.21. The van der Waals surface area contributed by atoms with Crippen molar-refractivity contribution in [3.05, 3.63) is 156 Å². The van der Waals surface area contributed by atoms with Crippen LogP contribution in [-0.4, -0.2) is 97.5 Å². The predicted molar refractivity (Wildman–Crippen MR) is 267 cm³/mol. The van der Waals surface area contributed by atoms with Crippen LogP contribution >= 0.6 is 0 Å². The molecule has 0 spiro atoms. The van der Waals surface area contributed by atoms with Gasteiger partial charge in [0.05, 0.1) is 91.4 Å². The van der Waals surface area contributed by atoms with E-state index in [9.17, 15) is 0 Å². The molecular formula is C56H58I2N6O2. The molecule has 0 saturated carbocycles. The topological polar surface area (TPSA) is 75.8 Å². The van der Waals surface area contributed by atoms with Gasteiger partial charge in [-0.25, -0.2) is 9.97 Å². The molecule has 4 aromatic carbocycles. The van der Waals surface area contributed by atoms with E-state index in [0.717, 1.165) is 136 Å². The molecule has 0 fully saturated rings. The number of rotatable bonds is 14. The van der Waals surface area contributed by atoms with Gasteiger partial charge in [0, 0.05) is 57.2 Å². The summed E-state index contributed by atoms with van der Waals surface area (Å²) in [6, 6.07) is 46.6. The molecule has 2 aliphatic heterocycles. The molecule has 0 aliphatic carbocycles. The quantitative estimate of drug-likeness (QED) is 0.0765. The molecule has 0 radical (unpaired) electrons. The number of H-pyrrole nitrogens is 2. The minimum absolute atomic E-state index is 0. The van der Waals surface area contributed by atoms with Crippen molar-refractivity contribution in [1.82, 2.24) is 19.9 Å². The Morgan fingerprint density at radius 1 is 0.379 bits per heavy atom. The molecule has 0 atom stereocenters. The molecule has 2 N–H and O–H groups in total. The van der Waals surface area contributed by atoms with Gasteiger partial charge in [-0.05, 0) is 95.1 Å². The van der Waals surface area contributed by atoms with Crippen molar-refractivity contribution in [2.75, 3.05) is 68.6 Å². The van der Waals surface area contributed by atoms with Crippen LogP contribution in [0, 0.1) is 0 Å². The standard InChI is InChI=1S/C56H58N6O2.2HI/c1-61(2,3)35-13-37-63-43-23-19-41(20-24-43)55-49-31-27-45(57-49)53(39-15-9-7-10-16-39)47-29-33-51(59-47)56(42-21-25-44(26-22-42)64-38-14-36-62(4,5)6)52-34-30-48(60-52)54(40-17-11-8-12-18-40)46-28-32-50(55)58-46;;/h7-12,15-34,57,60H,13-14,35-38H2,1-6H3;2*1H/q+2;;/p-2. The number of hydrogen-bond donors (Lipinski definition) is 2. The fourth-order valence-electron chi connectivity index (χ4n) is 8.52. The number of aromatic amines is 2. The first-order valence-electron chi connectivity index (χ1n) is 22.3. The minimum atomic E-state index is 0. The first-order valence-corrected chi connectivity index (χ1v) is 22.3. The molecule has 5 heterocycles. The molecule has 8 bridgehead atoms. The van der Waals surface area contributed by atoms with Crippen LogP contribution in [0.15, 0.2) is 133 Å². The van der Waals surface area contributed by atoms with Crippen molar-refractivity contribution in [3.63, 3.8) is 0 Å². The highest BCUT2D eigenvalue weighted by molar-refractivity contribution is 5.99. The summed E-state index contributed by atoms with van der Waals surface area (Å²) in [7, 11) is 13.3. The number of fused-ring (bicyclic) bond motifs is 8. The molecule has 66 heavy (non-hydrogen) atoms. The average Bonchev–Trinajstić information content (AvgIpc) is 4.13. The van der Waals surface area contributed by atoms with Gasteiger partial charge in [0.25, 0.3) is 0 Å². The van der Waals surface area contributed by atoms with E-state index in [0.29, 0.717) is 13.2 Å². The third-order valence-electron chi connectivity index (χ3n) is 11.6. The van der Waals surface area contributed by atoms with Crippen LogP contribution in [-0.2, 0) is 0 Å². The van der Waals surface area contributed by atoms with Crippen molar-refractivity contribution in [1.29, 1.82) is 0 Å². The summed E-state index contributed by atoms with van der Waals surface area (Å²) in [6.45, 7) is 3.44. The van der Waals surface area contributed by atoms with Gasteiger partial charge in [0.1, 0.15) is 11.5 Å². The summed E-state index contributed by atoms with van der Waals surface area (Å²) in [4.78, 5) is 18.6. The maximum atomic E-state index is 6.21. The summed E-state index contributed by atoms with van der Waals surface area (Å²) in [5, 5.41) is 0. The van der Waals surface area contributed by atoms with Gasteiger partial charge >= 0.3 is 0 Å². The van der Waals surface area contributed by atoms with Crippen molar-refractivity contribution in [3.8, 4) is 56.0 Å². The highest BCUT2D eigenvalue weighted by atomic mass is 127. The predicted octanol–water partition coefficient (Wildman–Crippen LogP) is 6.28. The van der Waals surface area contributed by atoms with E-state index < -0.39 is 0 Å². The molecule has 0 unspecified atom stereocenters. The van der Waals surface area contributed by atoms with E-state index in [2.05, 4.69) is 210 Å². The van der Waals surface area contributed by atoms with E-state index in [-0.39, 0.29) is 48.0 Å². The molecule has 8 nitrogen and oxygen atoms in total. The van der Waals surface area contributed by atoms with Gasteiger partial charge in [-0.3, -0.25) is 0 Å². The Kier molecular flexibility index (Phi) is 15.4. The first kappa shape index (κ1) is 48.4. The minimum Gasteiger partial charge on any atom is -1.00 e. The monoisotopic (exact) mass is 1100 g/mol. The van der Waals surface area contributed by atoms with Crippen molar-refractivity contribution >= 4 is 46.4 Å². The summed E-state index contributed by atoms with van der Waals surface area (Å²) in [5.74, 6) is 1.71. The van der Waals surface area contributed by atoms with E-state index in [1.165, 1.54) is 0 Å². The third kappa shape index (κ3) is 11.3. The van der Waals surface area contributed by atoms with Crippen LogP contribution < -0.4 is 57.4 Å². The third-order valence-corrected chi connectivity index (χ3v) is 11.6. The number of benzene rings is 4. The van der Waals surface area contributed by atoms with Gasteiger partial charge in [-0.15, -0.1) is 0 Å². The van der Waals surface area contributed by atoms with Crippen molar-refractivity contribution in [2.24, 2.45) is 0 Å². The normalized spacial score (nSPS) is 12.1. The summed E-state index contributed by atoms with van der Waals surface area (Å²) in [5.41, 5.74) is 15.6. The summed E-state index contributed by atoms with van der Waals surface area (Å²) in [6.07, 6.45) is 10.5. The summed E-state index contributed by atoms with van der Waals surface area (Å²) < 4.78 is 14.3. The Labute approximate surface area is 423 Å². The lowest BCUT2D eigenvalue weighted by atomic mass is 10.0. The van der Waals surface area contributed by atoms with Gasteiger partial charge < -0.3 is 76.4 Å². The number of halogens is 2. The summed E-state index contributed by atoms with van der Waals surface area (Å²) >= 11 is 0. The first-order chi connectivity index (χ1) is 31.0. The molecule has 0 saturated heterocycles. The lowest BCUT2D eigenvalue weighted by molar-refractivity contribution is -0.870. The maximum Gasteiger partial charge on any atom is 0.119 e. The van der Waals surface area contributed by atoms with Crippen LogP contribution in [0.4, 0.5) is 0 Å². The van der Waals surface area contributed by atoms with Crippen LogP contribution in [0.1, 0.15) is 35.6 Å². The van der Waals surface area contributed by atoms with Gasteiger partial charge in [-0.2, -0.15) is 0 Å². The highest BCUT2D eigenvalue weighted by Gasteiger charge is 2.19. The van der Waals surface area contributed by atoms with Crippen LogP contribution in [0.3, 0.4) is 0 Å². The largest absolute Gasteiger partial charge is 1.00 e. The Morgan fingerprint density at radius 3 is 0.955 bits per heavy atom. The zero-order valence-electron chi connectivity index (χ0n) is 38.6. The molecule has 3 aromatic heterocycles. The number of aromatic nitrogens is 4. The van der Waals surface area contributed by atoms with E-state index in [1.54, 1.807) is 0 Å². The molecule has 7 aromatic rings. The molecule has 9 rings (SSSR count). The van der Waals surface area contributed by atoms with Gasteiger partial charge in [0.15, 0.2) is 0 Å². The molecule has 2 aliphatic rings. The fraction of sp³-hybridized carbons (Fsp3) is 0.214. The SMILES string of the molecule is C[N+](C)(C)CCCOc1ccc(-c2c3nc(c(-c4ccccc4)c4ccc([nH]4)c(-c4ccc(OCCC[N+](C)(C)C)cc4)c4nc(c(-c5ccccc5)c5ccc2[nH]5)C=C4)C=C3)cc1.[I-].[I-]. The van der Waals surface area contributed by atoms with Gasteiger partial charge in [-0.1, -0.05) is 84.9 Å². The van der Waals surface area contributed by atoms with Crippen molar-refractivity contribution in [2.45, 2.75) is 12.8 Å². The number of quaternary nitrogens is 2. The second-order valence-corrected chi connectivity index (χ2v) is 18.7. The van der Waals surface area contributed by atoms with E-state index in [4.69, 9.17) is 19.4 Å². The second kappa shape index (κ2) is 21.0. The smallest absolute Gasteiger partial charge is 0.119 e. The Bertz CT molecular complexity index is 2790. The zero-order chi connectivity index (χ0) is 44.3. The van der Waals surface area contributed by atoms with Crippen LogP contribution in [0.5, 0.6) is 11.5 Å². The Balaban J connectivity index is 0.00000324. The Morgan fingerprint density at radius 2 is 0.667 bits per heavy atom. The van der Waals surface area contributed by atoms with E-state index >= 15 is 0 Å². The van der Waals surface area contributed by atoms with E-state index in [1.807, 2.05) is 0 Å². The fourth-order valence-corrected chi connectivity index (χ4v) is 8.52. The lowest BCUT2D eigenvalue weighted by Crippen LogP contribution is -3.00. The number of nitrogens with one attached hydrogen (secondary N) is 2. The van der Waals surface area contributed by atoms with Gasteiger partial charge in [0.2, 0.25) is 0 Å². The number of ether oxygens (including phenoxy) is 2. The zero-order valence-corrected chi connectivity index (χ0v) is 42.9. The van der Waals surface area contributed by atoms with Crippen LogP contribution in [0.25, 0.3) is 90.9 Å². The molecule has 10 heteroatoms. The average molecular weight is 1100 g/mol.